The number of aromatic nitrogens is 1. The molecule has 0 radical (unpaired) electrons. The van der Waals surface area contributed by atoms with Crippen LogP contribution in [-0.2, 0) is 11.2 Å². The molecule has 0 aliphatic rings. The third-order valence-electron chi connectivity index (χ3n) is 2.73. The van der Waals surface area contributed by atoms with Gasteiger partial charge in [0.25, 0.3) is 0 Å². The molecule has 2 rings (SSSR count). The van der Waals surface area contributed by atoms with Gasteiger partial charge in [0, 0.05) is 11.9 Å². The third kappa shape index (κ3) is 4.70. The Morgan fingerprint density at radius 2 is 2.25 bits per heavy atom. The van der Waals surface area contributed by atoms with Gasteiger partial charge >= 0.3 is 0 Å². The van der Waals surface area contributed by atoms with E-state index in [1.54, 1.807) is 22.7 Å². The van der Waals surface area contributed by atoms with E-state index in [4.69, 9.17) is 0 Å². The molecule has 2 aromatic rings. The van der Waals surface area contributed by atoms with Gasteiger partial charge in [0.05, 0.1) is 17.0 Å². The van der Waals surface area contributed by atoms with Crippen LogP contribution in [0.2, 0.25) is 0 Å². The van der Waals surface area contributed by atoms with E-state index in [1.807, 2.05) is 30.9 Å². The minimum atomic E-state index is 0.0479. The summed E-state index contributed by atoms with van der Waals surface area (Å²) >= 11 is 3.26. The van der Waals surface area contributed by atoms with Gasteiger partial charge in [-0.05, 0) is 38.5 Å². The molecule has 0 atom stereocenters. The van der Waals surface area contributed by atoms with Crippen LogP contribution in [0.3, 0.4) is 0 Å². The first-order valence-electron chi connectivity index (χ1n) is 6.55. The van der Waals surface area contributed by atoms with Gasteiger partial charge in [-0.15, -0.1) is 22.7 Å². The molecule has 0 aliphatic heterocycles. The first kappa shape index (κ1) is 15.2. The number of nitrogens with zero attached hydrogens (tertiary/aromatic N) is 2. The standard InChI is InChI=1S/C14H19N3OS2/c1-17(2)7-4-6-15-13(18)9-11-10-20-14(16-11)12-5-3-8-19-12/h3,5,8,10H,4,6-7,9H2,1-2H3,(H,15,18). The van der Waals surface area contributed by atoms with Gasteiger partial charge in [0.1, 0.15) is 5.01 Å². The molecule has 2 aromatic heterocycles. The number of hydrogen-bond acceptors (Lipinski definition) is 5. The van der Waals surface area contributed by atoms with E-state index in [2.05, 4.69) is 21.3 Å². The summed E-state index contributed by atoms with van der Waals surface area (Å²) in [7, 11) is 4.06. The van der Waals surface area contributed by atoms with Crippen molar-refractivity contribution in [3.8, 4) is 9.88 Å². The Kier molecular flexibility index (Phi) is 5.70. The average molecular weight is 309 g/mol. The highest BCUT2D eigenvalue weighted by Gasteiger charge is 2.09. The molecule has 1 N–H and O–H groups in total. The van der Waals surface area contributed by atoms with Gasteiger partial charge in [0.15, 0.2) is 0 Å². The van der Waals surface area contributed by atoms with Crippen LogP contribution >= 0.6 is 22.7 Å². The fourth-order valence-corrected chi connectivity index (χ4v) is 3.39. The smallest absolute Gasteiger partial charge is 0.226 e. The van der Waals surface area contributed by atoms with E-state index in [1.165, 1.54) is 0 Å². The lowest BCUT2D eigenvalue weighted by Crippen LogP contribution is -2.28. The van der Waals surface area contributed by atoms with Gasteiger partial charge in [0.2, 0.25) is 5.91 Å². The fraction of sp³-hybridized carbons (Fsp3) is 0.429. The SMILES string of the molecule is CN(C)CCCNC(=O)Cc1csc(-c2cccs2)n1. The number of thiazole rings is 1. The Hall–Kier alpha value is -1.24. The van der Waals surface area contributed by atoms with E-state index in [9.17, 15) is 4.79 Å². The second-order valence-corrected chi connectivity index (χ2v) is 6.61. The highest BCUT2D eigenvalue weighted by molar-refractivity contribution is 7.20. The van der Waals surface area contributed by atoms with Crippen molar-refractivity contribution in [1.82, 2.24) is 15.2 Å². The lowest BCUT2D eigenvalue weighted by molar-refractivity contribution is -0.120. The third-order valence-corrected chi connectivity index (χ3v) is 4.66. The predicted octanol–water partition coefficient (Wildman–Crippen LogP) is 2.48. The fourth-order valence-electron chi connectivity index (χ4n) is 1.75. The Morgan fingerprint density at radius 1 is 1.40 bits per heavy atom. The molecule has 2 heterocycles. The Balaban J connectivity index is 1.77. The zero-order valence-electron chi connectivity index (χ0n) is 11.8. The van der Waals surface area contributed by atoms with Crippen molar-refractivity contribution in [2.75, 3.05) is 27.2 Å². The normalized spacial score (nSPS) is 10.9. The monoisotopic (exact) mass is 309 g/mol. The summed E-state index contributed by atoms with van der Waals surface area (Å²) in [5.41, 5.74) is 0.850. The van der Waals surface area contributed by atoms with E-state index in [-0.39, 0.29) is 5.91 Å². The molecule has 20 heavy (non-hydrogen) atoms. The molecule has 0 saturated heterocycles. The summed E-state index contributed by atoms with van der Waals surface area (Å²) in [5, 5.41) is 7.93. The molecule has 0 saturated carbocycles. The summed E-state index contributed by atoms with van der Waals surface area (Å²) in [6.45, 7) is 1.71. The summed E-state index contributed by atoms with van der Waals surface area (Å²) in [5.74, 6) is 0.0479. The van der Waals surface area contributed by atoms with E-state index in [0.717, 1.165) is 35.1 Å². The highest BCUT2D eigenvalue weighted by Crippen LogP contribution is 2.27. The van der Waals surface area contributed by atoms with Crippen LogP contribution in [0, 0.1) is 0 Å². The van der Waals surface area contributed by atoms with Crippen LogP contribution < -0.4 is 5.32 Å². The van der Waals surface area contributed by atoms with Crippen LogP contribution in [-0.4, -0.2) is 43.0 Å². The zero-order valence-corrected chi connectivity index (χ0v) is 13.4. The summed E-state index contributed by atoms with van der Waals surface area (Å²) in [4.78, 5) is 19.6. The molecule has 108 valence electrons. The second-order valence-electron chi connectivity index (χ2n) is 4.80. The Labute approximate surface area is 127 Å². The van der Waals surface area contributed by atoms with E-state index >= 15 is 0 Å². The second kappa shape index (κ2) is 7.52. The largest absolute Gasteiger partial charge is 0.356 e. The van der Waals surface area contributed by atoms with Crippen LogP contribution in [0.4, 0.5) is 0 Å². The topological polar surface area (TPSA) is 45.2 Å². The maximum absolute atomic E-state index is 11.8. The van der Waals surface area contributed by atoms with Gasteiger partial charge in [-0.2, -0.15) is 0 Å². The minimum absolute atomic E-state index is 0.0479. The molecule has 0 aliphatic carbocycles. The maximum Gasteiger partial charge on any atom is 0.226 e. The van der Waals surface area contributed by atoms with Crippen LogP contribution in [0.25, 0.3) is 9.88 Å². The van der Waals surface area contributed by atoms with E-state index in [0.29, 0.717) is 6.42 Å². The van der Waals surface area contributed by atoms with Crippen molar-refractivity contribution < 1.29 is 4.79 Å². The Morgan fingerprint density at radius 3 is 2.95 bits per heavy atom. The highest BCUT2D eigenvalue weighted by atomic mass is 32.1. The number of amides is 1. The number of carbonyl (C=O) groups is 1. The summed E-state index contributed by atoms with van der Waals surface area (Å²) in [6, 6.07) is 4.06. The average Bonchev–Trinajstić information content (AvgIpc) is 3.04. The zero-order chi connectivity index (χ0) is 14.4. The lowest BCUT2D eigenvalue weighted by Gasteiger charge is -2.09. The van der Waals surface area contributed by atoms with Crippen molar-refractivity contribution in [1.29, 1.82) is 0 Å². The van der Waals surface area contributed by atoms with E-state index < -0.39 is 0 Å². The van der Waals surface area contributed by atoms with Crippen LogP contribution in [0.5, 0.6) is 0 Å². The van der Waals surface area contributed by atoms with Gasteiger partial charge in [-0.3, -0.25) is 4.79 Å². The van der Waals surface area contributed by atoms with Gasteiger partial charge in [-0.25, -0.2) is 4.98 Å². The number of carbonyl (C=O) groups excluding carboxylic acids is 1. The predicted molar refractivity (Wildman–Crippen MR) is 85.3 cm³/mol. The molecule has 1 amide bonds. The lowest BCUT2D eigenvalue weighted by atomic mass is 10.3. The number of nitrogens with one attached hydrogen (secondary N) is 1. The molecule has 0 bridgehead atoms. The molecular weight excluding hydrogens is 290 g/mol. The number of hydrogen-bond donors (Lipinski definition) is 1. The molecular formula is C14H19N3OS2. The molecule has 0 fully saturated rings. The maximum atomic E-state index is 11.8. The van der Waals surface area contributed by atoms with Crippen LogP contribution in [0.1, 0.15) is 12.1 Å². The number of rotatable bonds is 7. The number of thiophene rings is 1. The molecule has 0 unspecified atom stereocenters. The summed E-state index contributed by atoms with van der Waals surface area (Å²) in [6.07, 6.45) is 1.33. The first-order valence-corrected chi connectivity index (χ1v) is 8.31. The quantitative estimate of drug-likeness (QED) is 0.799. The van der Waals surface area contributed by atoms with Gasteiger partial charge < -0.3 is 10.2 Å². The Bertz CT molecular complexity index is 534. The van der Waals surface area contributed by atoms with Crippen molar-refractivity contribution in [2.45, 2.75) is 12.8 Å². The van der Waals surface area contributed by atoms with Gasteiger partial charge in [-0.1, -0.05) is 6.07 Å². The van der Waals surface area contributed by atoms with Crippen LogP contribution in [0.15, 0.2) is 22.9 Å². The first-order chi connectivity index (χ1) is 9.65. The van der Waals surface area contributed by atoms with Crippen molar-refractivity contribution in [3.05, 3.63) is 28.6 Å². The molecule has 4 nitrogen and oxygen atoms in total. The molecule has 6 heteroatoms. The minimum Gasteiger partial charge on any atom is -0.356 e. The summed E-state index contributed by atoms with van der Waals surface area (Å²) < 4.78 is 0. The molecule has 0 spiro atoms. The van der Waals surface area contributed by atoms with Crippen molar-refractivity contribution in [3.63, 3.8) is 0 Å². The van der Waals surface area contributed by atoms with Crippen molar-refractivity contribution in [2.24, 2.45) is 0 Å². The van der Waals surface area contributed by atoms with Crippen molar-refractivity contribution >= 4 is 28.6 Å². The molecule has 0 aromatic carbocycles.